The predicted octanol–water partition coefficient (Wildman–Crippen LogP) is 1.66. The number of carbonyl (C=O) groups is 1. The molecule has 6 heteroatoms. The molecule has 1 aromatic carbocycles. The highest BCUT2D eigenvalue weighted by Gasteiger charge is 2.11. The van der Waals surface area contributed by atoms with Crippen molar-refractivity contribution in [2.75, 3.05) is 27.2 Å². The van der Waals surface area contributed by atoms with E-state index < -0.39 is 0 Å². The van der Waals surface area contributed by atoms with Crippen molar-refractivity contribution in [3.8, 4) is 11.5 Å². The molecule has 1 N–H and O–H groups in total. The molecule has 118 valence electrons. The maximum atomic E-state index is 11.7. The number of aryl methyl sites for hydroxylation is 2. The molecule has 0 bridgehead atoms. The van der Waals surface area contributed by atoms with Gasteiger partial charge >= 0.3 is 0 Å². The Kier molecular flexibility index (Phi) is 5.66. The first-order chi connectivity index (χ1) is 10.6. The molecule has 1 heterocycles. The summed E-state index contributed by atoms with van der Waals surface area (Å²) < 4.78 is 5.63. The minimum absolute atomic E-state index is 0.00232. The lowest BCUT2D eigenvalue weighted by molar-refractivity contribution is -0.121. The molecule has 0 unspecified atom stereocenters. The summed E-state index contributed by atoms with van der Waals surface area (Å²) in [5.41, 5.74) is 2.01. The van der Waals surface area contributed by atoms with E-state index in [4.69, 9.17) is 4.42 Å². The van der Waals surface area contributed by atoms with Crippen molar-refractivity contribution in [3.05, 3.63) is 35.7 Å². The fraction of sp³-hybridized carbons (Fsp3) is 0.438. The Bertz CT molecular complexity index is 622. The van der Waals surface area contributed by atoms with Gasteiger partial charge in [-0.25, -0.2) is 0 Å². The van der Waals surface area contributed by atoms with E-state index in [1.54, 1.807) is 0 Å². The van der Waals surface area contributed by atoms with Crippen molar-refractivity contribution < 1.29 is 9.21 Å². The molecule has 1 aromatic heterocycles. The Hall–Kier alpha value is -2.21. The van der Waals surface area contributed by atoms with Crippen molar-refractivity contribution in [2.45, 2.75) is 19.8 Å². The van der Waals surface area contributed by atoms with Crippen molar-refractivity contribution in [1.29, 1.82) is 0 Å². The number of nitrogens with zero attached hydrogens (tertiary/aromatic N) is 3. The molecule has 0 saturated heterocycles. The zero-order valence-electron chi connectivity index (χ0n) is 13.3. The second kappa shape index (κ2) is 7.70. The van der Waals surface area contributed by atoms with Gasteiger partial charge in [0.15, 0.2) is 0 Å². The second-order valence-corrected chi connectivity index (χ2v) is 5.47. The van der Waals surface area contributed by atoms with E-state index >= 15 is 0 Å². The van der Waals surface area contributed by atoms with E-state index in [2.05, 4.69) is 15.5 Å². The van der Waals surface area contributed by atoms with Gasteiger partial charge in [0.25, 0.3) is 0 Å². The lowest BCUT2D eigenvalue weighted by Gasteiger charge is -2.09. The van der Waals surface area contributed by atoms with Crippen LogP contribution in [0.15, 0.2) is 28.7 Å². The van der Waals surface area contributed by atoms with Gasteiger partial charge in [-0.05, 0) is 32.6 Å². The monoisotopic (exact) mass is 302 g/mol. The van der Waals surface area contributed by atoms with E-state index in [1.807, 2.05) is 50.2 Å². The maximum absolute atomic E-state index is 11.7. The van der Waals surface area contributed by atoms with E-state index in [0.29, 0.717) is 31.2 Å². The van der Waals surface area contributed by atoms with Crippen LogP contribution in [-0.4, -0.2) is 48.2 Å². The number of carbonyl (C=O) groups excluding carboxylic acids is 1. The Morgan fingerprint density at radius 2 is 2.05 bits per heavy atom. The van der Waals surface area contributed by atoms with Crippen molar-refractivity contribution in [2.24, 2.45) is 0 Å². The van der Waals surface area contributed by atoms with Crippen LogP contribution in [0.4, 0.5) is 0 Å². The van der Waals surface area contributed by atoms with E-state index in [9.17, 15) is 4.79 Å². The molecule has 0 spiro atoms. The Morgan fingerprint density at radius 1 is 1.27 bits per heavy atom. The minimum Gasteiger partial charge on any atom is -0.421 e. The standard InChI is InChI=1S/C16H22N4O2/c1-12-6-4-5-7-13(12)16-19-18-15(22-16)9-8-14(21)17-10-11-20(2)3/h4-7H,8-11H2,1-3H3,(H,17,21). The maximum Gasteiger partial charge on any atom is 0.247 e. The molecule has 22 heavy (non-hydrogen) atoms. The third-order valence-corrected chi connectivity index (χ3v) is 3.29. The van der Waals surface area contributed by atoms with Gasteiger partial charge in [0.05, 0.1) is 0 Å². The summed E-state index contributed by atoms with van der Waals surface area (Å²) in [6, 6.07) is 7.84. The van der Waals surface area contributed by atoms with Gasteiger partial charge in [-0.1, -0.05) is 18.2 Å². The van der Waals surface area contributed by atoms with Gasteiger partial charge in [-0.2, -0.15) is 0 Å². The lowest BCUT2D eigenvalue weighted by Crippen LogP contribution is -2.31. The summed E-state index contributed by atoms with van der Waals surface area (Å²) in [5.74, 6) is 0.986. The third kappa shape index (κ3) is 4.66. The summed E-state index contributed by atoms with van der Waals surface area (Å²) in [6.07, 6.45) is 0.801. The van der Waals surface area contributed by atoms with E-state index in [0.717, 1.165) is 17.7 Å². The normalized spacial score (nSPS) is 10.9. The molecule has 2 aromatic rings. The first-order valence-electron chi connectivity index (χ1n) is 7.36. The van der Waals surface area contributed by atoms with E-state index in [-0.39, 0.29) is 5.91 Å². The van der Waals surface area contributed by atoms with Gasteiger partial charge < -0.3 is 14.6 Å². The zero-order chi connectivity index (χ0) is 15.9. The van der Waals surface area contributed by atoms with Crippen LogP contribution in [0, 0.1) is 6.92 Å². The summed E-state index contributed by atoms with van der Waals surface area (Å²) in [5, 5.41) is 10.9. The number of hydrogen-bond donors (Lipinski definition) is 1. The average Bonchev–Trinajstić information content (AvgIpc) is 2.94. The SMILES string of the molecule is Cc1ccccc1-c1nnc(CCC(=O)NCCN(C)C)o1. The molecule has 6 nitrogen and oxygen atoms in total. The van der Waals surface area contributed by atoms with Crippen LogP contribution in [0.3, 0.4) is 0 Å². The van der Waals surface area contributed by atoms with Crippen LogP contribution < -0.4 is 5.32 Å². The first kappa shape index (κ1) is 16.2. The van der Waals surface area contributed by atoms with Gasteiger partial charge in [-0.15, -0.1) is 10.2 Å². The Labute approximate surface area is 130 Å². The van der Waals surface area contributed by atoms with Gasteiger partial charge in [0.1, 0.15) is 0 Å². The fourth-order valence-corrected chi connectivity index (χ4v) is 2.00. The predicted molar refractivity (Wildman–Crippen MR) is 84.4 cm³/mol. The van der Waals surface area contributed by atoms with Crippen LogP contribution in [-0.2, 0) is 11.2 Å². The summed E-state index contributed by atoms with van der Waals surface area (Å²) in [4.78, 5) is 13.7. The zero-order valence-corrected chi connectivity index (χ0v) is 13.3. The van der Waals surface area contributed by atoms with Crippen molar-refractivity contribution in [3.63, 3.8) is 0 Å². The number of hydrogen-bond acceptors (Lipinski definition) is 5. The fourth-order valence-electron chi connectivity index (χ4n) is 2.00. The summed E-state index contributed by atoms with van der Waals surface area (Å²) >= 11 is 0. The van der Waals surface area contributed by atoms with Gasteiger partial charge in [0, 0.05) is 31.5 Å². The van der Waals surface area contributed by atoms with Gasteiger partial charge in [-0.3, -0.25) is 4.79 Å². The summed E-state index contributed by atoms with van der Waals surface area (Å²) in [6.45, 7) is 3.46. The van der Waals surface area contributed by atoms with Crippen LogP contribution in [0.1, 0.15) is 17.9 Å². The molecule has 0 radical (unpaired) electrons. The highest BCUT2D eigenvalue weighted by atomic mass is 16.4. The van der Waals surface area contributed by atoms with Crippen LogP contribution in [0.25, 0.3) is 11.5 Å². The van der Waals surface area contributed by atoms with Gasteiger partial charge in [0.2, 0.25) is 17.7 Å². The minimum atomic E-state index is -0.00232. The number of likely N-dealkylation sites (N-methyl/N-ethyl adjacent to an activating group) is 1. The average molecular weight is 302 g/mol. The molecule has 2 rings (SSSR count). The second-order valence-electron chi connectivity index (χ2n) is 5.47. The van der Waals surface area contributed by atoms with Crippen molar-refractivity contribution >= 4 is 5.91 Å². The topological polar surface area (TPSA) is 71.3 Å². The van der Waals surface area contributed by atoms with Crippen LogP contribution in [0.2, 0.25) is 0 Å². The molecular weight excluding hydrogens is 280 g/mol. The number of nitrogens with one attached hydrogen (secondary N) is 1. The smallest absolute Gasteiger partial charge is 0.247 e. The number of amides is 1. The molecule has 0 atom stereocenters. The van der Waals surface area contributed by atoms with Crippen LogP contribution >= 0.6 is 0 Å². The van der Waals surface area contributed by atoms with E-state index in [1.165, 1.54) is 0 Å². The summed E-state index contributed by atoms with van der Waals surface area (Å²) in [7, 11) is 3.94. The first-order valence-corrected chi connectivity index (χ1v) is 7.36. The molecule has 0 aliphatic rings. The van der Waals surface area contributed by atoms with Crippen molar-refractivity contribution in [1.82, 2.24) is 20.4 Å². The number of benzene rings is 1. The largest absolute Gasteiger partial charge is 0.421 e. The lowest BCUT2D eigenvalue weighted by atomic mass is 10.1. The third-order valence-electron chi connectivity index (χ3n) is 3.29. The van der Waals surface area contributed by atoms with Crippen LogP contribution in [0.5, 0.6) is 0 Å². The number of rotatable bonds is 7. The molecule has 0 aliphatic carbocycles. The quantitative estimate of drug-likeness (QED) is 0.842. The highest BCUT2D eigenvalue weighted by molar-refractivity contribution is 5.76. The molecule has 1 amide bonds. The number of aromatic nitrogens is 2. The Morgan fingerprint density at radius 3 is 2.77 bits per heavy atom. The molecular formula is C16H22N4O2. The molecule has 0 fully saturated rings. The molecule has 0 aliphatic heterocycles. The molecule has 0 saturated carbocycles. The highest BCUT2D eigenvalue weighted by Crippen LogP contribution is 2.21. The Balaban J connectivity index is 1.85.